The number of sulfone groups is 1. The molecule has 5 heteroatoms. The van der Waals surface area contributed by atoms with E-state index in [4.69, 9.17) is 4.74 Å². The molecule has 1 aliphatic heterocycles. The number of aliphatic hydroxyl groups is 1. The van der Waals surface area contributed by atoms with Gasteiger partial charge in [0.1, 0.15) is 12.2 Å². The summed E-state index contributed by atoms with van der Waals surface area (Å²) in [6.45, 7) is 6.66. The standard InChI is InChI=1S/C15H22O4S/c1-5-12(16)15(20(17,18)14(2,3)4)13(19-15)11-9-7-6-8-10-11/h6-10,12-13,16H,5H2,1-4H3/t12-,13-,15-/m1/s1. The SMILES string of the molecule is CC[C@@H](O)[C@]1(S(=O)(=O)C(C)(C)C)O[C@@H]1c1ccccc1. The lowest BCUT2D eigenvalue weighted by Gasteiger charge is -2.28. The third-order valence-corrected chi connectivity index (χ3v) is 6.82. The van der Waals surface area contributed by atoms with Crippen molar-refractivity contribution in [2.45, 2.75) is 56.0 Å². The van der Waals surface area contributed by atoms with Crippen molar-refractivity contribution in [1.82, 2.24) is 0 Å². The molecule has 0 spiro atoms. The molecule has 1 aromatic carbocycles. The lowest BCUT2D eigenvalue weighted by molar-refractivity contribution is 0.110. The summed E-state index contributed by atoms with van der Waals surface area (Å²) < 4.78 is 30.3. The van der Waals surface area contributed by atoms with Crippen molar-refractivity contribution in [2.24, 2.45) is 0 Å². The highest BCUT2D eigenvalue weighted by atomic mass is 32.2. The number of epoxide rings is 1. The number of aliphatic hydroxyl groups excluding tert-OH is 1. The average Bonchev–Trinajstić information content (AvgIpc) is 3.14. The normalized spacial score (nSPS) is 28.1. The molecule has 0 aromatic heterocycles. The fourth-order valence-electron chi connectivity index (χ4n) is 2.48. The van der Waals surface area contributed by atoms with E-state index < -0.39 is 31.7 Å². The van der Waals surface area contributed by atoms with Crippen LogP contribution in [-0.2, 0) is 14.6 Å². The summed E-state index contributed by atoms with van der Waals surface area (Å²) in [5, 5.41) is 10.3. The first-order chi connectivity index (χ1) is 9.18. The molecule has 1 N–H and O–H groups in total. The second-order valence-corrected chi connectivity index (χ2v) is 9.04. The van der Waals surface area contributed by atoms with E-state index in [9.17, 15) is 13.5 Å². The lowest BCUT2D eigenvalue weighted by atomic mass is 10.1. The Kier molecular flexibility index (Phi) is 3.73. The molecule has 112 valence electrons. The molecule has 20 heavy (non-hydrogen) atoms. The molecule has 1 aliphatic rings. The van der Waals surface area contributed by atoms with Gasteiger partial charge in [-0.15, -0.1) is 0 Å². The zero-order chi connectivity index (χ0) is 15.2. The molecule has 1 aromatic rings. The Morgan fingerprint density at radius 3 is 2.30 bits per heavy atom. The molecule has 0 unspecified atom stereocenters. The van der Waals surface area contributed by atoms with E-state index in [-0.39, 0.29) is 0 Å². The van der Waals surface area contributed by atoms with Gasteiger partial charge in [0.05, 0.1) is 4.75 Å². The predicted molar refractivity (Wildman–Crippen MR) is 78.0 cm³/mol. The topological polar surface area (TPSA) is 66.9 Å². The van der Waals surface area contributed by atoms with Crippen LogP contribution in [-0.4, -0.2) is 29.3 Å². The van der Waals surface area contributed by atoms with Crippen LogP contribution >= 0.6 is 0 Å². The fraction of sp³-hybridized carbons (Fsp3) is 0.600. The molecule has 0 amide bonds. The minimum Gasteiger partial charge on any atom is -0.389 e. The summed E-state index contributed by atoms with van der Waals surface area (Å²) in [6.07, 6.45) is -1.29. The van der Waals surface area contributed by atoms with Crippen LogP contribution in [0.15, 0.2) is 30.3 Å². The minimum absolute atomic E-state index is 0.332. The van der Waals surface area contributed by atoms with Crippen LogP contribution in [0.25, 0.3) is 0 Å². The van der Waals surface area contributed by atoms with E-state index >= 15 is 0 Å². The third-order valence-electron chi connectivity index (χ3n) is 3.79. The van der Waals surface area contributed by atoms with Gasteiger partial charge in [-0.25, -0.2) is 8.42 Å². The highest BCUT2D eigenvalue weighted by molar-refractivity contribution is 7.94. The summed E-state index contributed by atoms with van der Waals surface area (Å²) in [7, 11) is -3.65. The summed E-state index contributed by atoms with van der Waals surface area (Å²) in [5.41, 5.74) is 0.785. The Hall–Kier alpha value is -0.910. The van der Waals surface area contributed by atoms with Gasteiger partial charge in [0.2, 0.25) is 4.93 Å². The first kappa shape index (κ1) is 15.5. The van der Waals surface area contributed by atoms with Crippen LogP contribution in [0.1, 0.15) is 45.8 Å². The Bertz CT molecular complexity index is 574. The van der Waals surface area contributed by atoms with Gasteiger partial charge < -0.3 is 9.84 Å². The van der Waals surface area contributed by atoms with Crippen LogP contribution in [0.4, 0.5) is 0 Å². The molecule has 0 saturated carbocycles. The number of hydrogen-bond acceptors (Lipinski definition) is 4. The van der Waals surface area contributed by atoms with Crippen molar-refractivity contribution in [3.05, 3.63) is 35.9 Å². The van der Waals surface area contributed by atoms with Crippen molar-refractivity contribution < 1.29 is 18.3 Å². The quantitative estimate of drug-likeness (QED) is 0.867. The maximum absolute atomic E-state index is 12.8. The van der Waals surface area contributed by atoms with E-state index in [0.29, 0.717) is 6.42 Å². The number of ether oxygens (including phenoxy) is 1. The van der Waals surface area contributed by atoms with Gasteiger partial charge >= 0.3 is 0 Å². The van der Waals surface area contributed by atoms with E-state index in [2.05, 4.69) is 0 Å². The van der Waals surface area contributed by atoms with Crippen LogP contribution < -0.4 is 0 Å². The van der Waals surface area contributed by atoms with Crippen LogP contribution in [0.3, 0.4) is 0 Å². The summed E-state index contributed by atoms with van der Waals surface area (Å²) in [5.74, 6) is 0. The van der Waals surface area contributed by atoms with Crippen molar-refractivity contribution in [3.63, 3.8) is 0 Å². The van der Waals surface area contributed by atoms with Crippen LogP contribution in [0.5, 0.6) is 0 Å². The van der Waals surface area contributed by atoms with Gasteiger partial charge in [-0.2, -0.15) is 0 Å². The number of hydrogen-bond donors (Lipinski definition) is 1. The predicted octanol–water partition coefficient (Wildman–Crippen LogP) is 2.44. The molecule has 0 aliphatic carbocycles. The van der Waals surface area contributed by atoms with Gasteiger partial charge in [-0.1, -0.05) is 37.3 Å². The zero-order valence-corrected chi connectivity index (χ0v) is 13.1. The molecule has 0 radical (unpaired) electrons. The Morgan fingerprint density at radius 1 is 1.30 bits per heavy atom. The molecule has 4 nitrogen and oxygen atoms in total. The van der Waals surface area contributed by atoms with Gasteiger partial charge in [0.25, 0.3) is 0 Å². The van der Waals surface area contributed by atoms with Crippen molar-refractivity contribution >= 4 is 9.84 Å². The minimum atomic E-state index is -3.65. The number of rotatable bonds is 4. The van der Waals surface area contributed by atoms with E-state index in [0.717, 1.165) is 5.56 Å². The molecule has 1 heterocycles. The molecule has 1 saturated heterocycles. The maximum Gasteiger partial charge on any atom is 0.226 e. The third kappa shape index (κ3) is 2.08. The van der Waals surface area contributed by atoms with Crippen molar-refractivity contribution in [3.8, 4) is 0 Å². The van der Waals surface area contributed by atoms with E-state index in [1.807, 2.05) is 30.3 Å². The molecular weight excluding hydrogens is 276 g/mol. The molecule has 3 atom stereocenters. The van der Waals surface area contributed by atoms with Gasteiger partial charge in [0.15, 0.2) is 9.84 Å². The monoisotopic (exact) mass is 298 g/mol. The van der Waals surface area contributed by atoms with Crippen LogP contribution in [0.2, 0.25) is 0 Å². The maximum atomic E-state index is 12.8. The first-order valence-corrected chi connectivity index (χ1v) is 8.31. The second-order valence-electron chi connectivity index (χ2n) is 6.17. The van der Waals surface area contributed by atoms with Gasteiger partial charge in [0, 0.05) is 0 Å². The first-order valence-electron chi connectivity index (χ1n) is 6.83. The number of benzene rings is 1. The van der Waals surface area contributed by atoms with E-state index in [1.54, 1.807) is 27.7 Å². The molecule has 1 fully saturated rings. The fourth-order valence-corrected chi connectivity index (χ4v) is 4.60. The van der Waals surface area contributed by atoms with Crippen molar-refractivity contribution in [1.29, 1.82) is 0 Å². The van der Waals surface area contributed by atoms with Crippen molar-refractivity contribution in [2.75, 3.05) is 0 Å². The smallest absolute Gasteiger partial charge is 0.226 e. The summed E-state index contributed by atoms with van der Waals surface area (Å²) in [4.78, 5) is -1.51. The molecule has 2 rings (SSSR count). The Balaban J connectivity index is 2.48. The summed E-state index contributed by atoms with van der Waals surface area (Å²) in [6, 6.07) is 9.19. The Morgan fingerprint density at radius 2 is 1.85 bits per heavy atom. The average molecular weight is 298 g/mol. The highest BCUT2D eigenvalue weighted by Crippen LogP contribution is 2.58. The zero-order valence-electron chi connectivity index (χ0n) is 12.3. The highest BCUT2D eigenvalue weighted by Gasteiger charge is 2.72. The Labute approximate surface area is 120 Å². The lowest BCUT2D eigenvalue weighted by Crippen LogP contribution is -2.47. The molecular formula is C15H22O4S. The van der Waals surface area contributed by atoms with Gasteiger partial charge in [-0.3, -0.25) is 0 Å². The summed E-state index contributed by atoms with van der Waals surface area (Å²) >= 11 is 0. The second kappa shape index (κ2) is 4.83. The molecule has 0 bridgehead atoms. The van der Waals surface area contributed by atoms with Crippen LogP contribution in [0, 0.1) is 0 Å². The largest absolute Gasteiger partial charge is 0.389 e. The van der Waals surface area contributed by atoms with E-state index in [1.165, 1.54) is 0 Å². The van der Waals surface area contributed by atoms with Gasteiger partial charge in [-0.05, 0) is 32.8 Å².